The first-order chi connectivity index (χ1) is 10.2. The van der Waals surface area contributed by atoms with Crippen LogP contribution in [-0.2, 0) is 0 Å². The summed E-state index contributed by atoms with van der Waals surface area (Å²) >= 11 is 5.91. The Labute approximate surface area is 127 Å². The molecule has 0 amide bonds. The van der Waals surface area contributed by atoms with Crippen LogP contribution >= 0.6 is 11.6 Å². The Morgan fingerprint density at radius 2 is 1.86 bits per heavy atom. The highest BCUT2D eigenvalue weighted by atomic mass is 35.5. The zero-order chi connectivity index (χ0) is 14.7. The molecule has 4 heteroatoms. The largest absolute Gasteiger partial charge is 0.486 e. The lowest BCUT2D eigenvalue weighted by Crippen LogP contribution is -2.15. The Hall–Kier alpha value is -2.26. The van der Waals surface area contributed by atoms with Crippen LogP contribution in [0.25, 0.3) is 6.08 Å². The van der Waals surface area contributed by atoms with Gasteiger partial charge in [-0.25, -0.2) is 0 Å². The van der Waals surface area contributed by atoms with E-state index in [1.807, 2.05) is 12.1 Å². The van der Waals surface area contributed by atoms with Crippen molar-refractivity contribution >= 4 is 23.5 Å². The maximum Gasteiger partial charge on any atom is 0.185 e. The molecule has 3 rings (SSSR count). The van der Waals surface area contributed by atoms with Gasteiger partial charge in [-0.2, -0.15) is 0 Å². The highest BCUT2D eigenvalue weighted by molar-refractivity contribution is 6.30. The second-order valence-corrected chi connectivity index (χ2v) is 5.05. The minimum atomic E-state index is -0.0908. The van der Waals surface area contributed by atoms with Crippen molar-refractivity contribution in [1.82, 2.24) is 0 Å². The fourth-order valence-electron chi connectivity index (χ4n) is 2.08. The van der Waals surface area contributed by atoms with Crippen molar-refractivity contribution in [2.24, 2.45) is 0 Å². The number of hydrogen-bond donors (Lipinski definition) is 0. The van der Waals surface area contributed by atoms with Gasteiger partial charge >= 0.3 is 0 Å². The van der Waals surface area contributed by atoms with Crippen molar-refractivity contribution in [3.8, 4) is 11.5 Å². The van der Waals surface area contributed by atoms with Gasteiger partial charge < -0.3 is 9.47 Å². The van der Waals surface area contributed by atoms with Crippen molar-refractivity contribution < 1.29 is 14.3 Å². The Morgan fingerprint density at radius 3 is 2.67 bits per heavy atom. The summed E-state index contributed by atoms with van der Waals surface area (Å²) in [5.41, 5.74) is 1.45. The number of halogens is 1. The van der Waals surface area contributed by atoms with E-state index in [1.54, 1.807) is 36.4 Å². The van der Waals surface area contributed by atoms with Crippen LogP contribution in [-0.4, -0.2) is 19.0 Å². The molecule has 0 aliphatic carbocycles. The summed E-state index contributed by atoms with van der Waals surface area (Å²) in [6.07, 6.45) is 3.27. The molecule has 0 spiro atoms. The minimum absolute atomic E-state index is 0.0908. The quantitative estimate of drug-likeness (QED) is 0.635. The number of carbonyl (C=O) groups is 1. The van der Waals surface area contributed by atoms with E-state index in [0.717, 1.165) is 5.56 Å². The van der Waals surface area contributed by atoms with Crippen molar-refractivity contribution in [3.05, 3.63) is 64.7 Å². The zero-order valence-corrected chi connectivity index (χ0v) is 12.0. The summed E-state index contributed by atoms with van der Waals surface area (Å²) in [7, 11) is 0. The standard InChI is InChI=1S/C17H13ClO3/c18-14-3-1-2-12(10-14)4-6-15(19)13-5-7-16-17(11-13)21-9-8-20-16/h1-7,10-11H,8-9H2/b6-4+. The normalized spacial score (nSPS) is 13.4. The molecule has 21 heavy (non-hydrogen) atoms. The van der Waals surface area contributed by atoms with E-state index in [9.17, 15) is 4.79 Å². The van der Waals surface area contributed by atoms with Gasteiger partial charge in [0.2, 0.25) is 0 Å². The monoisotopic (exact) mass is 300 g/mol. The third-order valence-corrected chi connectivity index (χ3v) is 3.34. The molecule has 1 aliphatic rings. The fraction of sp³-hybridized carbons (Fsp3) is 0.118. The first-order valence-corrected chi connectivity index (χ1v) is 6.98. The molecule has 0 aromatic heterocycles. The van der Waals surface area contributed by atoms with Crippen LogP contribution in [0.2, 0.25) is 5.02 Å². The van der Waals surface area contributed by atoms with E-state index < -0.39 is 0 Å². The summed E-state index contributed by atoms with van der Waals surface area (Å²) in [6, 6.07) is 12.5. The SMILES string of the molecule is O=C(/C=C/c1cccc(Cl)c1)c1ccc2c(c1)OCCO2. The van der Waals surface area contributed by atoms with Crippen LogP contribution in [0.15, 0.2) is 48.5 Å². The molecule has 1 aliphatic heterocycles. The van der Waals surface area contributed by atoms with Gasteiger partial charge in [0, 0.05) is 10.6 Å². The summed E-state index contributed by atoms with van der Waals surface area (Å²) in [5, 5.41) is 0.643. The predicted molar refractivity (Wildman–Crippen MR) is 82.2 cm³/mol. The van der Waals surface area contributed by atoms with Gasteiger partial charge in [0.25, 0.3) is 0 Å². The maximum absolute atomic E-state index is 12.2. The first kappa shape index (κ1) is 13.7. The lowest BCUT2D eigenvalue weighted by Gasteiger charge is -2.18. The Morgan fingerprint density at radius 1 is 1.05 bits per heavy atom. The molecule has 0 fully saturated rings. The predicted octanol–water partition coefficient (Wildman–Crippen LogP) is 4.01. The molecule has 2 aromatic rings. The molecule has 3 nitrogen and oxygen atoms in total. The maximum atomic E-state index is 12.2. The van der Waals surface area contributed by atoms with Crippen LogP contribution in [0.5, 0.6) is 11.5 Å². The molecule has 0 bridgehead atoms. The Balaban J connectivity index is 1.79. The number of ether oxygens (including phenoxy) is 2. The van der Waals surface area contributed by atoms with Gasteiger partial charge in [-0.1, -0.05) is 29.8 Å². The van der Waals surface area contributed by atoms with Gasteiger partial charge in [-0.15, -0.1) is 0 Å². The van der Waals surface area contributed by atoms with E-state index in [4.69, 9.17) is 21.1 Å². The molecule has 0 N–H and O–H groups in total. The highest BCUT2D eigenvalue weighted by Gasteiger charge is 2.13. The average molecular weight is 301 g/mol. The molecular weight excluding hydrogens is 288 g/mol. The van der Waals surface area contributed by atoms with Gasteiger partial charge in [0.1, 0.15) is 13.2 Å². The molecule has 0 saturated carbocycles. The molecule has 0 saturated heterocycles. The van der Waals surface area contributed by atoms with Crippen LogP contribution in [0, 0.1) is 0 Å². The average Bonchev–Trinajstić information content (AvgIpc) is 2.52. The van der Waals surface area contributed by atoms with Crippen molar-refractivity contribution in [3.63, 3.8) is 0 Å². The van der Waals surface area contributed by atoms with E-state index in [-0.39, 0.29) is 5.78 Å². The second-order valence-electron chi connectivity index (χ2n) is 4.61. The van der Waals surface area contributed by atoms with E-state index >= 15 is 0 Å². The second kappa shape index (κ2) is 6.02. The Bertz CT molecular complexity index is 707. The molecule has 0 radical (unpaired) electrons. The zero-order valence-electron chi connectivity index (χ0n) is 11.2. The third-order valence-electron chi connectivity index (χ3n) is 3.10. The van der Waals surface area contributed by atoms with Gasteiger partial charge in [0.15, 0.2) is 17.3 Å². The number of fused-ring (bicyclic) bond motifs is 1. The smallest absolute Gasteiger partial charge is 0.185 e. The van der Waals surface area contributed by atoms with E-state index in [0.29, 0.717) is 35.3 Å². The van der Waals surface area contributed by atoms with Crippen molar-refractivity contribution in [1.29, 1.82) is 0 Å². The lowest BCUT2D eigenvalue weighted by atomic mass is 10.1. The number of carbonyl (C=O) groups excluding carboxylic acids is 1. The Kier molecular flexibility index (Phi) is 3.93. The van der Waals surface area contributed by atoms with Crippen LogP contribution in [0.4, 0.5) is 0 Å². The lowest BCUT2D eigenvalue weighted by molar-refractivity contribution is 0.104. The molecule has 2 aromatic carbocycles. The van der Waals surface area contributed by atoms with Crippen LogP contribution in [0.1, 0.15) is 15.9 Å². The highest BCUT2D eigenvalue weighted by Crippen LogP contribution is 2.31. The number of ketones is 1. The van der Waals surface area contributed by atoms with Gasteiger partial charge in [-0.05, 0) is 42.0 Å². The first-order valence-electron chi connectivity index (χ1n) is 6.60. The summed E-state index contributed by atoms with van der Waals surface area (Å²) in [6.45, 7) is 1.04. The molecule has 1 heterocycles. The topological polar surface area (TPSA) is 35.5 Å². The minimum Gasteiger partial charge on any atom is -0.486 e. The number of rotatable bonds is 3. The summed E-state index contributed by atoms with van der Waals surface area (Å²) in [4.78, 5) is 12.2. The van der Waals surface area contributed by atoms with Crippen molar-refractivity contribution in [2.45, 2.75) is 0 Å². The van der Waals surface area contributed by atoms with Crippen molar-refractivity contribution in [2.75, 3.05) is 13.2 Å². The molecular formula is C17H13ClO3. The van der Waals surface area contributed by atoms with Gasteiger partial charge in [-0.3, -0.25) is 4.79 Å². The molecule has 0 unspecified atom stereocenters. The molecule has 106 valence electrons. The number of hydrogen-bond acceptors (Lipinski definition) is 3. The fourth-order valence-corrected chi connectivity index (χ4v) is 2.27. The molecule has 0 atom stereocenters. The summed E-state index contributed by atoms with van der Waals surface area (Å²) in [5.74, 6) is 1.20. The van der Waals surface area contributed by atoms with E-state index in [2.05, 4.69) is 0 Å². The van der Waals surface area contributed by atoms with E-state index in [1.165, 1.54) is 6.08 Å². The van der Waals surface area contributed by atoms with Crippen LogP contribution in [0.3, 0.4) is 0 Å². The third kappa shape index (κ3) is 3.26. The van der Waals surface area contributed by atoms with Gasteiger partial charge in [0.05, 0.1) is 0 Å². The number of benzene rings is 2. The van der Waals surface area contributed by atoms with Crippen LogP contribution < -0.4 is 9.47 Å². The summed E-state index contributed by atoms with van der Waals surface area (Å²) < 4.78 is 10.9. The number of allylic oxidation sites excluding steroid dienone is 1.